The van der Waals surface area contributed by atoms with Crippen molar-refractivity contribution >= 4 is 21.7 Å². The van der Waals surface area contributed by atoms with E-state index in [4.69, 9.17) is 14.2 Å². The van der Waals surface area contributed by atoms with Crippen molar-refractivity contribution in [1.82, 2.24) is 0 Å². The van der Waals surface area contributed by atoms with Crippen LogP contribution in [0.25, 0.3) is 0 Å². The zero-order valence-electron chi connectivity index (χ0n) is 9.10. The Morgan fingerprint density at radius 1 is 1.59 bits per heavy atom. The van der Waals surface area contributed by atoms with Crippen LogP contribution in [-0.2, 0) is 4.74 Å². The SMILES string of the molecule is COCOc1cc2c(cc1Br)C(=O)CC(O)O2. The number of rotatable bonds is 3. The molecule has 92 valence electrons. The molecule has 6 heteroatoms. The van der Waals surface area contributed by atoms with Crippen LogP contribution < -0.4 is 9.47 Å². The Balaban J connectivity index is 2.34. The van der Waals surface area contributed by atoms with Crippen molar-refractivity contribution in [3.8, 4) is 11.5 Å². The number of hydrogen-bond acceptors (Lipinski definition) is 5. The number of ether oxygens (including phenoxy) is 3. The molecule has 0 aliphatic carbocycles. The molecule has 1 aliphatic rings. The van der Waals surface area contributed by atoms with Gasteiger partial charge in [-0.05, 0) is 22.0 Å². The van der Waals surface area contributed by atoms with Crippen molar-refractivity contribution in [2.75, 3.05) is 13.9 Å². The number of benzene rings is 1. The third-order valence-electron chi connectivity index (χ3n) is 2.29. The van der Waals surface area contributed by atoms with E-state index in [0.29, 0.717) is 21.5 Å². The molecule has 1 unspecified atom stereocenters. The first-order chi connectivity index (χ1) is 8.11. The normalized spacial score (nSPS) is 18.5. The first-order valence-corrected chi connectivity index (χ1v) is 5.74. The standard InChI is InChI=1S/C11H11BrO5/c1-15-5-16-10-4-9-6(2-7(10)12)8(13)3-11(14)17-9/h2,4,11,14H,3,5H2,1H3. The van der Waals surface area contributed by atoms with Crippen LogP contribution >= 0.6 is 15.9 Å². The van der Waals surface area contributed by atoms with Crippen molar-refractivity contribution < 1.29 is 24.1 Å². The Bertz CT molecular complexity index is 446. The molecule has 0 amide bonds. The number of ketones is 1. The summed E-state index contributed by atoms with van der Waals surface area (Å²) in [6, 6.07) is 3.17. The van der Waals surface area contributed by atoms with Crippen LogP contribution in [0.2, 0.25) is 0 Å². The van der Waals surface area contributed by atoms with E-state index in [9.17, 15) is 9.90 Å². The molecule has 0 saturated carbocycles. The van der Waals surface area contributed by atoms with Gasteiger partial charge in [0.2, 0.25) is 6.29 Å². The summed E-state index contributed by atoms with van der Waals surface area (Å²) in [5, 5.41) is 9.34. The third-order valence-corrected chi connectivity index (χ3v) is 2.91. The number of fused-ring (bicyclic) bond motifs is 1. The molecular weight excluding hydrogens is 292 g/mol. The summed E-state index contributed by atoms with van der Waals surface area (Å²) in [4.78, 5) is 11.6. The topological polar surface area (TPSA) is 65.0 Å². The van der Waals surface area contributed by atoms with Crippen LogP contribution in [0.3, 0.4) is 0 Å². The molecule has 1 aromatic carbocycles. The van der Waals surface area contributed by atoms with E-state index in [2.05, 4.69) is 15.9 Å². The maximum Gasteiger partial charge on any atom is 0.204 e. The highest BCUT2D eigenvalue weighted by Gasteiger charge is 2.26. The molecular formula is C11H11BrO5. The summed E-state index contributed by atoms with van der Waals surface area (Å²) in [6.45, 7) is 0.0912. The second-order valence-electron chi connectivity index (χ2n) is 3.53. The van der Waals surface area contributed by atoms with Crippen LogP contribution in [0.4, 0.5) is 0 Å². The van der Waals surface area contributed by atoms with Gasteiger partial charge in [-0.25, -0.2) is 0 Å². The molecule has 1 heterocycles. The van der Waals surface area contributed by atoms with Gasteiger partial charge in [0.15, 0.2) is 12.6 Å². The lowest BCUT2D eigenvalue weighted by Gasteiger charge is -2.22. The highest BCUT2D eigenvalue weighted by atomic mass is 79.9. The predicted octanol–water partition coefficient (Wildman–Crippen LogP) is 1.72. The Morgan fingerprint density at radius 3 is 3.06 bits per heavy atom. The van der Waals surface area contributed by atoms with Crippen LogP contribution in [0.15, 0.2) is 16.6 Å². The fraction of sp³-hybridized carbons (Fsp3) is 0.364. The van der Waals surface area contributed by atoms with Crippen molar-refractivity contribution in [1.29, 1.82) is 0 Å². The molecule has 1 atom stereocenters. The van der Waals surface area contributed by atoms with Crippen LogP contribution in [0.5, 0.6) is 11.5 Å². The monoisotopic (exact) mass is 302 g/mol. The van der Waals surface area contributed by atoms with Gasteiger partial charge in [0.1, 0.15) is 11.5 Å². The van der Waals surface area contributed by atoms with Gasteiger partial charge in [-0.3, -0.25) is 4.79 Å². The lowest BCUT2D eigenvalue weighted by molar-refractivity contribution is -0.0249. The number of halogens is 1. The molecule has 1 N–H and O–H groups in total. The maximum atomic E-state index is 11.6. The fourth-order valence-corrected chi connectivity index (χ4v) is 2.00. The zero-order chi connectivity index (χ0) is 12.4. The number of hydrogen-bond donors (Lipinski definition) is 1. The van der Waals surface area contributed by atoms with Gasteiger partial charge in [-0.1, -0.05) is 0 Å². The summed E-state index contributed by atoms with van der Waals surface area (Å²) >= 11 is 3.30. The number of aliphatic hydroxyl groups excluding tert-OH is 1. The molecule has 2 rings (SSSR count). The molecule has 5 nitrogen and oxygen atoms in total. The largest absolute Gasteiger partial charge is 0.466 e. The number of Topliss-reactive ketones (excluding diaryl/α,β-unsaturated/α-hetero) is 1. The number of methoxy groups -OCH3 is 1. The smallest absolute Gasteiger partial charge is 0.204 e. The quantitative estimate of drug-likeness (QED) is 0.861. The maximum absolute atomic E-state index is 11.6. The average Bonchev–Trinajstić information content (AvgIpc) is 2.27. The Kier molecular flexibility index (Phi) is 3.66. The molecule has 0 bridgehead atoms. The third kappa shape index (κ3) is 2.59. The lowest BCUT2D eigenvalue weighted by atomic mass is 10.0. The minimum absolute atomic E-state index is 0.0300. The first kappa shape index (κ1) is 12.3. The van der Waals surface area contributed by atoms with Gasteiger partial charge in [-0.2, -0.15) is 0 Å². The van der Waals surface area contributed by atoms with Crippen LogP contribution in [0.1, 0.15) is 16.8 Å². The summed E-state index contributed by atoms with van der Waals surface area (Å²) in [5.41, 5.74) is 0.437. The van der Waals surface area contributed by atoms with E-state index in [-0.39, 0.29) is 19.0 Å². The molecule has 0 fully saturated rings. The summed E-state index contributed by atoms with van der Waals surface area (Å²) < 4.78 is 15.9. The van der Waals surface area contributed by atoms with Gasteiger partial charge in [0.05, 0.1) is 16.5 Å². The van der Waals surface area contributed by atoms with E-state index in [0.717, 1.165) is 0 Å². The molecule has 1 aromatic rings. The molecule has 0 saturated heterocycles. The van der Waals surface area contributed by atoms with E-state index in [1.165, 1.54) is 7.11 Å². The summed E-state index contributed by atoms with van der Waals surface area (Å²) in [6.07, 6.45) is -1.12. The highest BCUT2D eigenvalue weighted by Crippen LogP contribution is 2.36. The van der Waals surface area contributed by atoms with Crippen molar-refractivity contribution in [2.45, 2.75) is 12.7 Å². The average molecular weight is 303 g/mol. The minimum Gasteiger partial charge on any atom is -0.466 e. The van der Waals surface area contributed by atoms with E-state index in [1.807, 2.05) is 0 Å². The Hall–Kier alpha value is -1.11. The van der Waals surface area contributed by atoms with Gasteiger partial charge >= 0.3 is 0 Å². The fourth-order valence-electron chi connectivity index (χ4n) is 1.54. The molecule has 0 aromatic heterocycles. The van der Waals surface area contributed by atoms with Gasteiger partial charge < -0.3 is 19.3 Å². The lowest BCUT2D eigenvalue weighted by Crippen LogP contribution is -2.26. The Labute approximate surface area is 106 Å². The first-order valence-electron chi connectivity index (χ1n) is 4.95. The Morgan fingerprint density at radius 2 is 2.35 bits per heavy atom. The van der Waals surface area contributed by atoms with Gasteiger partial charge in [0.25, 0.3) is 0 Å². The van der Waals surface area contributed by atoms with E-state index in [1.54, 1.807) is 12.1 Å². The minimum atomic E-state index is -1.09. The van der Waals surface area contributed by atoms with Crippen molar-refractivity contribution in [3.05, 3.63) is 22.2 Å². The second kappa shape index (κ2) is 5.03. The molecule has 0 spiro atoms. The van der Waals surface area contributed by atoms with E-state index < -0.39 is 6.29 Å². The highest BCUT2D eigenvalue weighted by molar-refractivity contribution is 9.10. The second-order valence-corrected chi connectivity index (χ2v) is 4.38. The van der Waals surface area contributed by atoms with E-state index >= 15 is 0 Å². The van der Waals surface area contributed by atoms with Crippen molar-refractivity contribution in [3.63, 3.8) is 0 Å². The van der Waals surface area contributed by atoms with Crippen LogP contribution in [-0.4, -0.2) is 31.1 Å². The van der Waals surface area contributed by atoms with Crippen LogP contribution in [0, 0.1) is 0 Å². The molecule has 0 radical (unpaired) electrons. The summed E-state index contributed by atoms with van der Waals surface area (Å²) in [7, 11) is 1.51. The molecule has 1 aliphatic heterocycles. The number of carbonyl (C=O) groups excluding carboxylic acids is 1. The molecule has 17 heavy (non-hydrogen) atoms. The predicted molar refractivity (Wildman–Crippen MR) is 62.2 cm³/mol. The van der Waals surface area contributed by atoms with Gasteiger partial charge in [0, 0.05) is 13.2 Å². The van der Waals surface area contributed by atoms with Crippen molar-refractivity contribution in [2.24, 2.45) is 0 Å². The number of aliphatic hydroxyl groups is 1. The summed E-state index contributed by atoms with van der Waals surface area (Å²) in [5.74, 6) is 0.660. The van der Waals surface area contributed by atoms with Gasteiger partial charge in [-0.15, -0.1) is 0 Å². The number of carbonyl (C=O) groups is 1. The zero-order valence-corrected chi connectivity index (χ0v) is 10.7.